The topological polar surface area (TPSA) is 30.2 Å². The lowest BCUT2D eigenvalue weighted by Crippen LogP contribution is -2.23. The molecule has 1 fully saturated rings. The number of Topliss-reactive ketones (excluding diaryl/α,β-unsaturated/α-hetero) is 1. The van der Waals surface area contributed by atoms with Gasteiger partial charge in [-0.05, 0) is 38.7 Å². The van der Waals surface area contributed by atoms with Crippen LogP contribution >= 0.6 is 0 Å². The summed E-state index contributed by atoms with van der Waals surface area (Å²) in [6.07, 6.45) is 5.82. The molecule has 1 aromatic heterocycles. The fourth-order valence-electron chi connectivity index (χ4n) is 3.00. The molecule has 2 rings (SSSR count). The number of ketones is 1. The van der Waals surface area contributed by atoms with Crippen LogP contribution in [0.3, 0.4) is 0 Å². The Kier molecular flexibility index (Phi) is 3.70. The summed E-state index contributed by atoms with van der Waals surface area (Å²) in [5.41, 5.74) is 0.809. The molecule has 0 aromatic carbocycles. The van der Waals surface area contributed by atoms with Gasteiger partial charge in [0, 0.05) is 5.92 Å². The molecule has 0 aliphatic heterocycles. The van der Waals surface area contributed by atoms with Crippen LogP contribution in [0.1, 0.15) is 60.9 Å². The minimum atomic E-state index is 0.226. The number of aryl methyl sites for hydroxylation is 2. The second-order valence-corrected chi connectivity index (χ2v) is 5.33. The van der Waals surface area contributed by atoms with Gasteiger partial charge in [-0.1, -0.05) is 26.2 Å². The van der Waals surface area contributed by atoms with Gasteiger partial charge in [-0.2, -0.15) is 0 Å². The number of carbonyl (C=O) groups excluding carboxylic acids is 1. The average molecular weight is 234 g/mol. The normalized spacial score (nSPS) is 24.9. The van der Waals surface area contributed by atoms with Crippen LogP contribution in [0, 0.1) is 25.7 Å². The monoisotopic (exact) mass is 234 g/mol. The molecule has 94 valence electrons. The quantitative estimate of drug-likeness (QED) is 0.730. The molecule has 0 radical (unpaired) electrons. The van der Waals surface area contributed by atoms with Crippen molar-refractivity contribution in [2.24, 2.45) is 11.8 Å². The highest BCUT2D eigenvalue weighted by molar-refractivity contribution is 5.98. The summed E-state index contributed by atoms with van der Waals surface area (Å²) in [6.45, 7) is 6.02. The highest BCUT2D eigenvalue weighted by atomic mass is 16.3. The molecule has 0 N–H and O–H groups in total. The van der Waals surface area contributed by atoms with Crippen molar-refractivity contribution in [3.05, 3.63) is 23.2 Å². The van der Waals surface area contributed by atoms with Crippen LogP contribution in [-0.4, -0.2) is 5.78 Å². The largest absolute Gasteiger partial charge is 0.466 e. The predicted octanol–water partition coefficient (Wildman–Crippen LogP) is 4.30. The van der Waals surface area contributed by atoms with Crippen molar-refractivity contribution in [3.8, 4) is 0 Å². The second-order valence-electron chi connectivity index (χ2n) is 5.33. The third kappa shape index (κ3) is 2.62. The van der Waals surface area contributed by atoms with Crippen LogP contribution in [-0.2, 0) is 0 Å². The van der Waals surface area contributed by atoms with Crippen LogP contribution in [0.2, 0.25) is 0 Å². The minimum absolute atomic E-state index is 0.226. The van der Waals surface area contributed by atoms with Gasteiger partial charge in [0.1, 0.15) is 11.5 Å². The van der Waals surface area contributed by atoms with Gasteiger partial charge in [0.2, 0.25) is 0 Å². The number of hydrogen-bond acceptors (Lipinski definition) is 2. The van der Waals surface area contributed by atoms with E-state index in [-0.39, 0.29) is 5.92 Å². The first-order valence-electron chi connectivity index (χ1n) is 6.73. The first kappa shape index (κ1) is 12.4. The molecule has 0 spiro atoms. The molecule has 0 bridgehead atoms. The Hall–Kier alpha value is -1.05. The molecule has 17 heavy (non-hydrogen) atoms. The van der Waals surface area contributed by atoms with Crippen molar-refractivity contribution in [3.63, 3.8) is 0 Å². The van der Waals surface area contributed by atoms with Crippen LogP contribution in [0.4, 0.5) is 0 Å². The lowest BCUT2D eigenvalue weighted by molar-refractivity contribution is 0.0860. The molecule has 1 heterocycles. The van der Waals surface area contributed by atoms with Gasteiger partial charge < -0.3 is 4.42 Å². The van der Waals surface area contributed by atoms with Gasteiger partial charge in [0.15, 0.2) is 5.78 Å². The molecule has 1 aliphatic carbocycles. The van der Waals surface area contributed by atoms with Crippen LogP contribution < -0.4 is 0 Å². The van der Waals surface area contributed by atoms with Crippen LogP contribution in [0.25, 0.3) is 0 Å². The molecular formula is C15H22O2. The van der Waals surface area contributed by atoms with Gasteiger partial charge in [-0.25, -0.2) is 0 Å². The summed E-state index contributed by atoms with van der Waals surface area (Å²) in [6, 6.07) is 1.90. The first-order valence-corrected chi connectivity index (χ1v) is 6.73. The van der Waals surface area contributed by atoms with E-state index < -0.39 is 0 Å². The Bertz CT molecular complexity index is 403. The zero-order chi connectivity index (χ0) is 12.4. The van der Waals surface area contributed by atoms with Crippen molar-refractivity contribution in [1.29, 1.82) is 0 Å². The van der Waals surface area contributed by atoms with Crippen molar-refractivity contribution < 1.29 is 9.21 Å². The van der Waals surface area contributed by atoms with Gasteiger partial charge >= 0.3 is 0 Å². The molecule has 2 unspecified atom stereocenters. The van der Waals surface area contributed by atoms with Crippen molar-refractivity contribution in [2.75, 3.05) is 0 Å². The zero-order valence-electron chi connectivity index (χ0n) is 11.1. The molecule has 2 nitrogen and oxygen atoms in total. The van der Waals surface area contributed by atoms with E-state index in [1.807, 2.05) is 19.9 Å². The van der Waals surface area contributed by atoms with Gasteiger partial charge in [-0.3, -0.25) is 4.79 Å². The Morgan fingerprint density at radius 2 is 2.18 bits per heavy atom. The van der Waals surface area contributed by atoms with Crippen molar-refractivity contribution in [2.45, 2.75) is 52.9 Å². The number of rotatable bonds is 3. The zero-order valence-corrected chi connectivity index (χ0v) is 11.1. The van der Waals surface area contributed by atoms with E-state index >= 15 is 0 Å². The standard InChI is InChI=1S/C15H22O2/c1-4-12-6-5-7-13(9-12)15(16)14-8-10(2)17-11(14)3/h8,12-13H,4-7,9H2,1-3H3. The Labute approximate surface area is 103 Å². The molecule has 1 aromatic rings. The summed E-state index contributed by atoms with van der Waals surface area (Å²) < 4.78 is 5.46. The van der Waals surface area contributed by atoms with Crippen molar-refractivity contribution in [1.82, 2.24) is 0 Å². The maximum absolute atomic E-state index is 12.4. The summed E-state index contributed by atoms with van der Waals surface area (Å²) in [5.74, 6) is 2.90. The Balaban J connectivity index is 2.12. The van der Waals surface area contributed by atoms with Crippen molar-refractivity contribution >= 4 is 5.78 Å². The summed E-state index contributed by atoms with van der Waals surface area (Å²) >= 11 is 0. The maximum Gasteiger partial charge on any atom is 0.169 e. The highest BCUT2D eigenvalue weighted by Gasteiger charge is 2.28. The van der Waals surface area contributed by atoms with Gasteiger partial charge in [-0.15, -0.1) is 0 Å². The van der Waals surface area contributed by atoms with E-state index in [0.717, 1.165) is 35.8 Å². The fraction of sp³-hybridized carbons (Fsp3) is 0.667. The molecule has 2 heteroatoms. The third-order valence-corrected chi connectivity index (χ3v) is 4.04. The lowest BCUT2D eigenvalue weighted by Gasteiger charge is -2.27. The van der Waals surface area contributed by atoms with E-state index in [0.29, 0.717) is 5.78 Å². The summed E-state index contributed by atoms with van der Waals surface area (Å²) in [5, 5.41) is 0. The molecule has 0 saturated heterocycles. The first-order chi connectivity index (χ1) is 8.11. The number of furan rings is 1. The molecular weight excluding hydrogens is 212 g/mol. The van der Waals surface area contributed by atoms with E-state index in [1.165, 1.54) is 19.3 Å². The van der Waals surface area contributed by atoms with E-state index in [2.05, 4.69) is 6.92 Å². The molecule has 1 saturated carbocycles. The maximum atomic E-state index is 12.4. The van der Waals surface area contributed by atoms with Gasteiger partial charge in [0.05, 0.1) is 5.56 Å². The van der Waals surface area contributed by atoms with E-state index in [1.54, 1.807) is 0 Å². The third-order valence-electron chi connectivity index (χ3n) is 4.04. The van der Waals surface area contributed by atoms with Crippen LogP contribution in [0.15, 0.2) is 10.5 Å². The average Bonchev–Trinajstić information content (AvgIpc) is 2.67. The second kappa shape index (κ2) is 5.07. The van der Waals surface area contributed by atoms with E-state index in [4.69, 9.17) is 4.42 Å². The number of hydrogen-bond donors (Lipinski definition) is 0. The smallest absolute Gasteiger partial charge is 0.169 e. The van der Waals surface area contributed by atoms with E-state index in [9.17, 15) is 4.79 Å². The van der Waals surface area contributed by atoms with Crippen LogP contribution in [0.5, 0.6) is 0 Å². The molecule has 2 atom stereocenters. The summed E-state index contributed by atoms with van der Waals surface area (Å²) in [4.78, 5) is 12.4. The Morgan fingerprint density at radius 3 is 2.76 bits per heavy atom. The SMILES string of the molecule is CCC1CCCC(C(=O)c2cc(C)oc2C)C1. The summed E-state index contributed by atoms with van der Waals surface area (Å²) in [7, 11) is 0. The fourth-order valence-corrected chi connectivity index (χ4v) is 3.00. The predicted molar refractivity (Wildman–Crippen MR) is 68.3 cm³/mol. The van der Waals surface area contributed by atoms with Gasteiger partial charge in [0.25, 0.3) is 0 Å². The lowest BCUT2D eigenvalue weighted by atomic mass is 9.77. The molecule has 1 aliphatic rings. The number of carbonyl (C=O) groups is 1. The molecule has 0 amide bonds. The Morgan fingerprint density at radius 1 is 1.41 bits per heavy atom. The highest BCUT2D eigenvalue weighted by Crippen LogP contribution is 2.33. The minimum Gasteiger partial charge on any atom is -0.466 e.